The molecule has 1 fully saturated rings. The van der Waals surface area contributed by atoms with Gasteiger partial charge in [-0.3, -0.25) is 4.79 Å². The number of anilines is 1. The third-order valence-corrected chi connectivity index (χ3v) is 4.24. The van der Waals surface area contributed by atoms with E-state index in [-0.39, 0.29) is 11.3 Å². The molecule has 0 bridgehead atoms. The number of benzene rings is 1. The Morgan fingerprint density at radius 2 is 2.30 bits per heavy atom. The van der Waals surface area contributed by atoms with E-state index in [9.17, 15) is 9.18 Å². The Labute approximate surface area is 134 Å². The van der Waals surface area contributed by atoms with E-state index >= 15 is 0 Å². The Morgan fingerprint density at radius 1 is 1.48 bits per heavy atom. The van der Waals surface area contributed by atoms with Crippen LogP contribution in [0.15, 0.2) is 22.7 Å². The number of piperidine rings is 1. The minimum Gasteiger partial charge on any atom is -0.371 e. The summed E-state index contributed by atoms with van der Waals surface area (Å²) in [5.74, 6) is 0.945. The number of carbonyl (C=O) groups is 1. The molecule has 1 aliphatic heterocycles. The van der Waals surface area contributed by atoms with E-state index in [2.05, 4.69) is 15.0 Å². The van der Waals surface area contributed by atoms with E-state index in [1.165, 1.54) is 13.0 Å². The van der Waals surface area contributed by atoms with Crippen molar-refractivity contribution in [1.29, 1.82) is 0 Å². The average molecular weight is 317 g/mol. The zero-order chi connectivity index (χ0) is 16.4. The van der Waals surface area contributed by atoms with Crippen LogP contribution in [0.3, 0.4) is 0 Å². The lowest BCUT2D eigenvalue weighted by atomic mass is 9.93. The molecule has 1 aromatic carbocycles. The molecule has 5 nitrogen and oxygen atoms in total. The molecule has 1 aliphatic rings. The maximum atomic E-state index is 14.0. The van der Waals surface area contributed by atoms with Gasteiger partial charge >= 0.3 is 0 Å². The van der Waals surface area contributed by atoms with Crippen LogP contribution < -0.4 is 4.90 Å². The van der Waals surface area contributed by atoms with Crippen molar-refractivity contribution in [2.24, 2.45) is 5.92 Å². The van der Waals surface area contributed by atoms with Crippen LogP contribution in [0.25, 0.3) is 0 Å². The number of halogens is 1. The molecule has 0 saturated carbocycles. The number of ketones is 1. The minimum absolute atomic E-state index is 0.184. The molecule has 3 rings (SSSR count). The molecule has 1 aromatic heterocycles. The lowest BCUT2D eigenvalue weighted by Crippen LogP contribution is -2.37. The first-order valence-corrected chi connectivity index (χ1v) is 7.88. The molecule has 0 spiro atoms. The number of hydrogen-bond donors (Lipinski definition) is 0. The maximum Gasteiger partial charge on any atom is 0.223 e. The SMILES string of the molecule is CC(=O)c1c(F)cccc1N1CCCC(Cc2noc(C)n2)C1. The van der Waals surface area contributed by atoms with E-state index in [0.717, 1.165) is 32.4 Å². The second-order valence-corrected chi connectivity index (χ2v) is 6.08. The minimum atomic E-state index is -0.453. The fourth-order valence-corrected chi connectivity index (χ4v) is 3.26. The zero-order valence-corrected chi connectivity index (χ0v) is 13.4. The van der Waals surface area contributed by atoms with Crippen molar-refractivity contribution in [3.8, 4) is 0 Å². The fraction of sp³-hybridized carbons (Fsp3) is 0.471. The second kappa shape index (κ2) is 6.48. The highest BCUT2D eigenvalue weighted by molar-refractivity contribution is 6.00. The van der Waals surface area contributed by atoms with Crippen LogP contribution >= 0.6 is 0 Å². The summed E-state index contributed by atoms with van der Waals surface area (Å²) in [4.78, 5) is 18.2. The monoisotopic (exact) mass is 317 g/mol. The molecule has 0 N–H and O–H groups in total. The topological polar surface area (TPSA) is 59.2 Å². The van der Waals surface area contributed by atoms with Gasteiger partial charge in [-0.05, 0) is 37.8 Å². The summed E-state index contributed by atoms with van der Waals surface area (Å²) in [5.41, 5.74) is 0.870. The molecule has 1 atom stereocenters. The average Bonchev–Trinajstić information content (AvgIpc) is 2.92. The quantitative estimate of drug-likeness (QED) is 0.811. The fourth-order valence-electron chi connectivity index (χ4n) is 3.26. The number of carbonyl (C=O) groups excluding carboxylic acids is 1. The number of rotatable bonds is 4. The van der Waals surface area contributed by atoms with Crippen LogP contribution in [-0.2, 0) is 6.42 Å². The molecule has 0 radical (unpaired) electrons. The number of hydrogen-bond acceptors (Lipinski definition) is 5. The van der Waals surface area contributed by atoms with Gasteiger partial charge in [0, 0.05) is 26.4 Å². The van der Waals surface area contributed by atoms with E-state index in [1.807, 2.05) is 6.07 Å². The van der Waals surface area contributed by atoms with Crippen LogP contribution in [0.4, 0.5) is 10.1 Å². The normalized spacial score (nSPS) is 18.2. The summed E-state index contributed by atoms with van der Waals surface area (Å²) in [6.45, 7) is 4.77. The number of nitrogens with zero attached hydrogens (tertiary/aromatic N) is 3. The Balaban J connectivity index is 1.79. The van der Waals surface area contributed by atoms with E-state index in [1.54, 1.807) is 13.0 Å². The van der Waals surface area contributed by atoms with Crippen LogP contribution in [0.2, 0.25) is 0 Å². The van der Waals surface area contributed by atoms with Crippen molar-refractivity contribution in [3.63, 3.8) is 0 Å². The second-order valence-electron chi connectivity index (χ2n) is 6.08. The first-order valence-electron chi connectivity index (χ1n) is 7.88. The van der Waals surface area contributed by atoms with Crippen molar-refractivity contribution < 1.29 is 13.7 Å². The van der Waals surface area contributed by atoms with Gasteiger partial charge in [0.05, 0.1) is 11.3 Å². The molecular formula is C17H20FN3O2. The molecule has 1 unspecified atom stereocenters. The highest BCUT2D eigenvalue weighted by atomic mass is 19.1. The first-order chi connectivity index (χ1) is 11.0. The van der Waals surface area contributed by atoms with Crippen molar-refractivity contribution in [3.05, 3.63) is 41.3 Å². The van der Waals surface area contributed by atoms with Crippen LogP contribution in [0.1, 0.15) is 41.8 Å². The molecule has 23 heavy (non-hydrogen) atoms. The molecule has 2 aromatic rings. The predicted octanol–water partition coefficient (Wildman–Crippen LogP) is 3.18. The lowest BCUT2D eigenvalue weighted by Gasteiger charge is -2.35. The van der Waals surface area contributed by atoms with Gasteiger partial charge in [0.15, 0.2) is 11.6 Å². The van der Waals surface area contributed by atoms with Gasteiger partial charge in [0.2, 0.25) is 5.89 Å². The van der Waals surface area contributed by atoms with Gasteiger partial charge < -0.3 is 9.42 Å². The first kappa shape index (κ1) is 15.6. The van der Waals surface area contributed by atoms with Gasteiger partial charge in [0.25, 0.3) is 0 Å². The summed E-state index contributed by atoms with van der Waals surface area (Å²) in [6, 6.07) is 4.81. The van der Waals surface area contributed by atoms with Crippen LogP contribution in [0.5, 0.6) is 0 Å². The van der Waals surface area contributed by atoms with Gasteiger partial charge in [-0.1, -0.05) is 11.2 Å². The summed E-state index contributed by atoms with van der Waals surface area (Å²) in [6.07, 6.45) is 2.79. The number of aromatic nitrogens is 2. The highest BCUT2D eigenvalue weighted by Gasteiger charge is 2.25. The standard InChI is InChI=1S/C17H20FN3O2/c1-11(22)17-14(18)6-3-7-15(17)21-8-4-5-13(10-21)9-16-19-12(2)23-20-16/h3,6-7,13H,4-5,8-10H2,1-2H3. The summed E-state index contributed by atoms with van der Waals surface area (Å²) < 4.78 is 19.0. The zero-order valence-electron chi connectivity index (χ0n) is 13.4. The van der Waals surface area contributed by atoms with Crippen molar-refractivity contribution >= 4 is 11.5 Å². The third-order valence-electron chi connectivity index (χ3n) is 4.24. The number of Topliss-reactive ketones (excluding diaryl/α,β-unsaturated/α-hetero) is 1. The van der Waals surface area contributed by atoms with Crippen molar-refractivity contribution in [2.45, 2.75) is 33.1 Å². The van der Waals surface area contributed by atoms with E-state index in [4.69, 9.17) is 4.52 Å². The molecule has 2 heterocycles. The molecular weight excluding hydrogens is 297 g/mol. The van der Waals surface area contributed by atoms with Gasteiger partial charge in [-0.25, -0.2) is 4.39 Å². The third kappa shape index (κ3) is 3.41. The number of aryl methyl sites for hydroxylation is 1. The summed E-state index contributed by atoms with van der Waals surface area (Å²) >= 11 is 0. The highest BCUT2D eigenvalue weighted by Crippen LogP contribution is 2.29. The van der Waals surface area contributed by atoms with Gasteiger partial charge in [-0.2, -0.15) is 4.98 Å². The molecule has 6 heteroatoms. The molecule has 1 saturated heterocycles. The summed E-state index contributed by atoms with van der Waals surface area (Å²) in [7, 11) is 0. The Hall–Kier alpha value is -2.24. The molecule has 0 aliphatic carbocycles. The smallest absolute Gasteiger partial charge is 0.223 e. The maximum absolute atomic E-state index is 14.0. The predicted molar refractivity (Wildman–Crippen MR) is 84.1 cm³/mol. The Bertz CT molecular complexity index is 714. The van der Waals surface area contributed by atoms with E-state index in [0.29, 0.717) is 23.3 Å². The van der Waals surface area contributed by atoms with Crippen LogP contribution in [0, 0.1) is 18.7 Å². The molecule has 0 amide bonds. The van der Waals surface area contributed by atoms with E-state index < -0.39 is 5.82 Å². The Kier molecular flexibility index (Phi) is 4.41. The van der Waals surface area contributed by atoms with Gasteiger partial charge in [-0.15, -0.1) is 0 Å². The summed E-state index contributed by atoms with van der Waals surface area (Å²) in [5, 5.41) is 3.95. The lowest BCUT2D eigenvalue weighted by molar-refractivity contribution is 0.101. The van der Waals surface area contributed by atoms with Gasteiger partial charge in [0.1, 0.15) is 5.82 Å². The van der Waals surface area contributed by atoms with Crippen LogP contribution in [-0.4, -0.2) is 29.0 Å². The van der Waals surface area contributed by atoms with Crippen molar-refractivity contribution in [1.82, 2.24) is 10.1 Å². The van der Waals surface area contributed by atoms with Crippen molar-refractivity contribution in [2.75, 3.05) is 18.0 Å². The molecule has 122 valence electrons. The largest absolute Gasteiger partial charge is 0.371 e. The Morgan fingerprint density at radius 3 is 3.00 bits per heavy atom.